The van der Waals surface area contributed by atoms with Crippen LogP contribution in [0.4, 0.5) is 11.4 Å². The summed E-state index contributed by atoms with van der Waals surface area (Å²) in [5, 5.41) is 5.12. The Hall–Kier alpha value is -2.70. The van der Waals surface area contributed by atoms with E-state index in [1.54, 1.807) is 6.07 Å². The zero-order chi connectivity index (χ0) is 19.0. The predicted molar refractivity (Wildman–Crippen MR) is 94.4 cm³/mol. The summed E-state index contributed by atoms with van der Waals surface area (Å²) < 4.78 is 4.99. The molecule has 0 spiro atoms. The van der Waals surface area contributed by atoms with E-state index in [1.165, 1.54) is 26.0 Å². The molecule has 0 atom stereocenters. The number of anilines is 2. The number of Topliss-reactive ketones (excluding diaryl/α,β-unsaturated/α-hetero) is 1. The van der Waals surface area contributed by atoms with Crippen molar-refractivity contribution < 1.29 is 23.9 Å². The molecular weight excluding hydrogens is 324 g/mol. The van der Waals surface area contributed by atoms with Gasteiger partial charge in [-0.2, -0.15) is 0 Å². The van der Waals surface area contributed by atoms with Gasteiger partial charge in [-0.1, -0.05) is 13.8 Å². The topological polar surface area (TPSA) is 102 Å². The lowest BCUT2D eigenvalue weighted by Crippen LogP contribution is -2.18. The summed E-state index contributed by atoms with van der Waals surface area (Å²) >= 11 is 0. The molecule has 1 aromatic carbocycles. The molecule has 0 unspecified atom stereocenters. The van der Waals surface area contributed by atoms with E-state index in [-0.39, 0.29) is 29.5 Å². The molecule has 0 aliphatic carbocycles. The van der Waals surface area contributed by atoms with Gasteiger partial charge in [-0.3, -0.25) is 19.2 Å². The Balaban J connectivity index is 2.83. The van der Waals surface area contributed by atoms with Crippen LogP contribution in [0.2, 0.25) is 0 Å². The third-order valence-corrected chi connectivity index (χ3v) is 3.24. The van der Waals surface area contributed by atoms with Gasteiger partial charge in [0.05, 0.1) is 5.69 Å². The number of carbonyl (C=O) groups is 4. The highest BCUT2D eigenvalue weighted by molar-refractivity contribution is 6.06. The SMILES string of the molecule is CC(=O)Nc1ccc(C(=O)COC(=O)CCC(C)C)c(NC(C)=O)c1. The first-order valence-corrected chi connectivity index (χ1v) is 8.07. The first-order chi connectivity index (χ1) is 11.7. The molecule has 136 valence electrons. The Morgan fingerprint density at radius 2 is 1.68 bits per heavy atom. The number of ether oxygens (including phenoxy) is 1. The Labute approximate surface area is 147 Å². The average Bonchev–Trinajstić information content (AvgIpc) is 2.49. The maximum absolute atomic E-state index is 12.3. The lowest BCUT2D eigenvalue weighted by molar-refractivity contribution is -0.142. The molecular formula is C18H24N2O5. The Kier molecular flexibility index (Phi) is 7.78. The fourth-order valence-electron chi connectivity index (χ4n) is 2.06. The molecule has 1 aromatic rings. The third-order valence-electron chi connectivity index (χ3n) is 3.24. The van der Waals surface area contributed by atoms with Gasteiger partial charge in [0, 0.05) is 31.5 Å². The van der Waals surface area contributed by atoms with Crippen molar-refractivity contribution in [3.8, 4) is 0 Å². The molecule has 0 aromatic heterocycles. The number of esters is 1. The minimum Gasteiger partial charge on any atom is -0.457 e. The van der Waals surface area contributed by atoms with Crippen LogP contribution in [0.5, 0.6) is 0 Å². The van der Waals surface area contributed by atoms with E-state index in [1.807, 2.05) is 13.8 Å². The molecule has 2 N–H and O–H groups in total. The van der Waals surface area contributed by atoms with Gasteiger partial charge in [0.2, 0.25) is 17.6 Å². The second-order valence-corrected chi connectivity index (χ2v) is 6.14. The van der Waals surface area contributed by atoms with Crippen LogP contribution >= 0.6 is 0 Å². The quantitative estimate of drug-likeness (QED) is 0.555. The summed E-state index contributed by atoms with van der Waals surface area (Å²) in [6.07, 6.45) is 0.945. The van der Waals surface area contributed by atoms with E-state index in [4.69, 9.17) is 4.74 Å². The van der Waals surface area contributed by atoms with Crippen LogP contribution < -0.4 is 10.6 Å². The van der Waals surface area contributed by atoms with Crippen LogP contribution in [0.15, 0.2) is 18.2 Å². The van der Waals surface area contributed by atoms with Crippen molar-refractivity contribution >= 4 is 34.9 Å². The summed E-state index contributed by atoms with van der Waals surface area (Å²) in [4.78, 5) is 46.4. The van der Waals surface area contributed by atoms with Crippen molar-refractivity contribution in [2.24, 2.45) is 5.92 Å². The van der Waals surface area contributed by atoms with Gasteiger partial charge in [0.25, 0.3) is 0 Å². The molecule has 0 aliphatic rings. The third kappa shape index (κ3) is 7.60. The number of hydrogen-bond donors (Lipinski definition) is 2. The van der Waals surface area contributed by atoms with E-state index in [0.29, 0.717) is 18.0 Å². The van der Waals surface area contributed by atoms with Crippen molar-refractivity contribution in [2.75, 3.05) is 17.2 Å². The number of carbonyl (C=O) groups excluding carboxylic acids is 4. The second-order valence-electron chi connectivity index (χ2n) is 6.14. The molecule has 25 heavy (non-hydrogen) atoms. The molecule has 0 radical (unpaired) electrons. The molecule has 0 saturated heterocycles. The normalized spacial score (nSPS) is 10.3. The summed E-state index contributed by atoms with van der Waals surface area (Å²) in [7, 11) is 0. The van der Waals surface area contributed by atoms with Gasteiger partial charge in [-0.05, 0) is 30.5 Å². The summed E-state index contributed by atoms with van der Waals surface area (Å²) in [5.41, 5.74) is 0.907. The van der Waals surface area contributed by atoms with Gasteiger partial charge >= 0.3 is 5.97 Å². The smallest absolute Gasteiger partial charge is 0.306 e. The second kappa shape index (κ2) is 9.56. The lowest BCUT2D eigenvalue weighted by atomic mass is 10.1. The number of rotatable bonds is 8. The Morgan fingerprint density at radius 3 is 2.24 bits per heavy atom. The molecule has 0 fully saturated rings. The zero-order valence-corrected chi connectivity index (χ0v) is 15.0. The van der Waals surface area contributed by atoms with Crippen LogP contribution in [-0.4, -0.2) is 30.2 Å². The first kappa shape index (κ1) is 20.3. The molecule has 0 aliphatic heterocycles. The van der Waals surface area contributed by atoms with Crippen LogP contribution in [0.25, 0.3) is 0 Å². The maximum atomic E-state index is 12.3. The van der Waals surface area contributed by atoms with Gasteiger partial charge in [-0.25, -0.2) is 0 Å². The minimum atomic E-state index is -0.434. The predicted octanol–water partition coefficient (Wildman–Crippen LogP) is 2.77. The lowest BCUT2D eigenvalue weighted by Gasteiger charge is -2.12. The van der Waals surface area contributed by atoms with E-state index in [2.05, 4.69) is 10.6 Å². The summed E-state index contributed by atoms with van der Waals surface area (Å²) in [6.45, 7) is 6.26. The first-order valence-electron chi connectivity index (χ1n) is 8.07. The van der Waals surface area contributed by atoms with Crippen LogP contribution in [-0.2, 0) is 19.1 Å². The monoisotopic (exact) mass is 348 g/mol. The van der Waals surface area contributed by atoms with E-state index in [9.17, 15) is 19.2 Å². The number of amides is 2. The molecule has 7 heteroatoms. The number of benzene rings is 1. The number of hydrogen-bond acceptors (Lipinski definition) is 5. The van der Waals surface area contributed by atoms with E-state index in [0.717, 1.165) is 0 Å². The average molecular weight is 348 g/mol. The fourth-order valence-corrected chi connectivity index (χ4v) is 2.06. The van der Waals surface area contributed by atoms with E-state index < -0.39 is 18.4 Å². The molecule has 7 nitrogen and oxygen atoms in total. The molecule has 0 heterocycles. The zero-order valence-electron chi connectivity index (χ0n) is 15.0. The van der Waals surface area contributed by atoms with E-state index >= 15 is 0 Å². The van der Waals surface area contributed by atoms with Gasteiger partial charge in [0.15, 0.2) is 6.61 Å². The van der Waals surface area contributed by atoms with Crippen molar-refractivity contribution in [3.63, 3.8) is 0 Å². The van der Waals surface area contributed by atoms with Crippen LogP contribution in [0.1, 0.15) is 50.9 Å². The Morgan fingerprint density at radius 1 is 1.04 bits per heavy atom. The highest BCUT2D eigenvalue weighted by atomic mass is 16.5. The number of ketones is 1. The van der Waals surface area contributed by atoms with Gasteiger partial charge in [0.1, 0.15) is 0 Å². The van der Waals surface area contributed by atoms with Crippen molar-refractivity contribution in [3.05, 3.63) is 23.8 Å². The standard InChI is InChI=1S/C18H24N2O5/c1-11(2)5-8-18(24)25-10-17(23)15-7-6-14(19-12(3)21)9-16(15)20-13(4)22/h6-7,9,11H,5,8,10H2,1-4H3,(H,19,21)(H,20,22). The molecule has 2 amide bonds. The van der Waals surface area contributed by atoms with Gasteiger partial charge < -0.3 is 15.4 Å². The largest absolute Gasteiger partial charge is 0.457 e. The maximum Gasteiger partial charge on any atom is 0.306 e. The van der Waals surface area contributed by atoms with Crippen molar-refractivity contribution in [1.82, 2.24) is 0 Å². The van der Waals surface area contributed by atoms with Gasteiger partial charge in [-0.15, -0.1) is 0 Å². The fraction of sp³-hybridized carbons (Fsp3) is 0.444. The molecule has 1 rings (SSSR count). The molecule has 0 saturated carbocycles. The molecule has 0 bridgehead atoms. The highest BCUT2D eigenvalue weighted by Crippen LogP contribution is 2.22. The minimum absolute atomic E-state index is 0.209. The van der Waals surface area contributed by atoms with Crippen LogP contribution in [0.3, 0.4) is 0 Å². The highest BCUT2D eigenvalue weighted by Gasteiger charge is 2.16. The Bertz CT molecular complexity index is 667. The summed E-state index contributed by atoms with van der Waals surface area (Å²) in [6, 6.07) is 4.50. The number of nitrogens with one attached hydrogen (secondary N) is 2. The van der Waals surface area contributed by atoms with Crippen molar-refractivity contribution in [1.29, 1.82) is 0 Å². The summed E-state index contributed by atoms with van der Waals surface area (Å²) in [5.74, 6) is -1.13. The van der Waals surface area contributed by atoms with Crippen LogP contribution in [0, 0.1) is 5.92 Å². The van der Waals surface area contributed by atoms with Crippen molar-refractivity contribution in [2.45, 2.75) is 40.5 Å².